The number of fused-ring (bicyclic) bond motifs is 5. The molecule has 5 atom stereocenters. The summed E-state index contributed by atoms with van der Waals surface area (Å²) in [4.78, 5) is 25.4. The number of ether oxygens (including phenoxy) is 2. The SMILES string of the molecule is CC12CC(c3ccoc3)OC(=O)C1=C1COC(=O)C1C1C=CCCC12O. The Morgan fingerprint density at radius 3 is 2.92 bits per heavy atom. The lowest BCUT2D eigenvalue weighted by atomic mass is 9.49. The number of cyclic esters (lactones) is 2. The third-order valence-electron chi connectivity index (χ3n) is 6.74. The van der Waals surface area contributed by atoms with Gasteiger partial charge in [0.25, 0.3) is 0 Å². The van der Waals surface area contributed by atoms with Gasteiger partial charge in [0.2, 0.25) is 0 Å². The van der Waals surface area contributed by atoms with Crippen molar-refractivity contribution >= 4 is 11.9 Å². The number of allylic oxidation sites excluding steroid dienone is 1. The van der Waals surface area contributed by atoms with Gasteiger partial charge in [-0.3, -0.25) is 4.79 Å². The molecule has 0 amide bonds. The van der Waals surface area contributed by atoms with Crippen LogP contribution in [0.4, 0.5) is 0 Å². The molecule has 1 aromatic rings. The van der Waals surface area contributed by atoms with E-state index in [-0.39, 0.29) is 18.5 Å². The number of aliphatic hydroxyl groups is 1. The lowest BCUT2D eigenvalue weighted by molar-refractivity contribution is -0.180. The molecule has 6 heteroatoms. The van der Waals surface area contributed by atoms with Gasteiger partial charge >= 0.3 is 11.9 Å². The van der Waals surface area contributed by atoms with Crippen molar-refractivity contribution in [2.45, 2.75) is 37.9 Å². The van der Waals surface area contributed by atoms with E-state index in [1.165, 1.54) is 0 Å². The third kappa shape index (κ3) is 1.80. The highest BCUT2D eigenvalue weighted by molar-refractivity contribution is 5.96. The molecule has 1 aromatic heterocycles. The Labute approximate surface area is 150 Å². The van der Waals surface area contributed by atoms with Crippen LogP contribution in [0.15, 0.2) is 46.3 Å². The van der Waals surface area contributed by atoms with E-state index in [0.717, 1.165) is 5.56 Å². The van der Waals surface area contributed by atoms with E-state index in [9.17, 15) is 14.7 Å². The lowest BCUT2D eigenvalue weighted by Gasteiger charge is -2.57. The molecule has 5 rings (SSSR count). The predicted octanol–water partition coefficient (Wildman–Crippen LogP) is 2.45. The van der Waals surface area contributed by atoms with Gasteiger partial charge in [-0.05, 0) is 24.5 Å². The van der Waals surface area contributed by atoms with Crippen molar-refractivity contribution in [3.8, 4) is 0 Å². The van der Waals surface area contributed by atoms with Crippen LogP contribution in [0.2, 0.25) is 0 Å². The quantitative estimate of drug-likeness (QED) is 0.614. The van der Waals surface area contributed by atoms with Crippen LogP contribution in [0.5, 0.6) is 0 Å². The fourth-order valence-electron chi connectivity index (χ4n) is 5.42. The Morgan fingerprint density at radius 1 is 1.31 bits per heavy atom. The van der Waals surface area contributed by atoms with Gasteiger partial charge in [-0.15, -0.1) is 0 Å². The normalized spacial score (nSPS) is 41.2. The minimum atomic E-state index is -1.20. The molecule has 0 saturated carbocycles. The van der Waals surface area contributed by atoms with Gasteiger partial charge in [0, 0.05) is 28.9 Å². The molecule has 3 heterocycles. The molecule has 0 spiro atoms. The summed E-state index contributed by atoms with van der Waals surface area (Å²) < 4.78 is 16.1. The van der Waals surface area contributed by atoms with Crippen LogP contribution in [0.3, 0.4) is 0 Å². The monoisotopic (exact) mass is 356 g/mol. The van der Waals surface area contributed by atoms with Gasteiger partial charge < -0.3 is 19.0 Å². The van der Waals surface area contributed by atoms with Gasteiger partial charge in [-0.2, -0.15) is 0 Å². The second-order valence-electron chi connectivity index (χ2n) is 7.89. The maximum atomic E-state index is 13.0. The minimum absolute atomic E-state index is 0.0975. The molecule has 136 valence electrons. The highest BCUT2D eigenvalue weighted by atomic mass is 16.6. The molecule has 2 fully saturated rings. The maximum Gasteiger partial charge on any atom is 0.335 e. The fraction of sp³-hybridized carbons (Fsp3) is 0.500. The predicted molar refractivity (Wildman–Crippen MR) is 88.6 cm³/mol. The summed E-state index contributed by atoms with van der Waals surface area (Å²) in [7, 11) is 0. The molecule has 26 heavy (non-hydrogen) atoms. The van der Waals surface area contributed by atoms with Gasteiger partial charge in [-0.1, -0.05) is 19.1 Å². The first-order valence-electron chi connectivity index (χ1n) is 8.98. The molecule has 5 unspecified atom stereocenters. The summed E-state index contributed by atoms with van der Waals surface area (Å²) in [6, 6.07) is 1.77. The molecular formula is C20H20O6. The van der Waals surface area contributed by atoms with Gasteiger partial charge in [0.05, 0.1) is 24.0 Å². The van der Waals surface area contributed by atoms with Crippen molar-refractivity contribution in [3.05, 3.63) is 47.5 Å². The summed E-state index contributed by atoms with van der Waals surface area (Å²) in [6.07, 6.45) is 8.20. The summed E-state index contributed by atoms with van der Waals surface area (Å²) in [5.41, 5.74) is -0.136. The maximum absolute atomic E-state index is 13.0. The fourth-order valence-corrected chi connectivity index (χ4v) is 5.42. The standard InChI is InChI=1S/C20H20O6/c1-19-8-14(11-5-7-24-9-11)26-18(22)16(19)12-10-25-17(21)15(12)13-4-2-3-6-20(13,19)23/h2,4-5,7,9,13-15,23H,3,6,8,10H2,1H3. The molecular weight excluding hydrogens is 336 g/mol. The minimum Gasteiger partial charge on any atom is -0.472 e. The van der Waals surface area contributed by atoms with E-state index < -0.39 is 29.0 Å². The number of hydrogen-bond acceptors (Lipinski definition) is 6. The van der Waals surface area contributed by atoms with Crippen molar-refractivity contribution in [2.24, 2.45) is 17.3 Å². The van der Waals surface area contributed by atoms with Gasteiger partial charge in [0.1, 0.15) is 12.7 Å². The van der Waals surface area contributed by atoms with Crippen LogP contribution in [0, 0.1) is 17.3 Å². The number of carbonyl (C=O) groups excluding carboxylic acids is 2. The van der Waals surface area contributed by atoms with Crippen LogP contribution in [0.1, 0.15) is 37.9 Å². The summed E-state index contributed by atoms with van der Waals surface area (Å²) in [6.45, 7) is 2.02. The van der Waals surface area contributed by atoms with Crippen LogP contribution in [-0.2, 0) is 19.1 Å². The lowest BCUT2D eigenvalue weighted by Crippen LogP contribution is -2.62. The van der Waals surface area contributed by atoms with E-state index in [1.807, 2.05) is 19.1 Å². The first-order valence-corrected chi connectivity index (χ1v) is 8.98. The molecule has 2 saturated heterocycles. The molecule has 6 nitrogen and oxygen atoms in total. The molecule has 2 aliphatic heterocycles. The summed E-state index contributed by atoms with van der Waals surface area (Å²) >= 11 is 0. The van der Waals surface area contributed by atoms with Crippen molar-refractivity contribution in [1.29, 1.82) is 0 Å². The number of furan rings is 1. The van der Waals surface area contributed by atoms with Crippen LogP contribution >= 0.6 is 0 Å². The summed E-state index contributed by atoms with van der Waals surface area (Å²) in [5.74, 6) is -1.82. The molecule has 0 radical (unpaired) electrons. The number of hydrogen-bond donors (Lipinski definition) is 1. The van der Waals surface area contributed by atoms with E-state index in [2.05, 4.69) is 0 Å². The number of rotatable bonds is 1. The molecule has 0 aromatic carbocycles. The Balaban J connectivity index is 1.71. The topological polar surface area (TPSA) is 86.0 Å². The highest BCUT2D eigenvalue weighted by Gasteiger charge is 2.66. The van der Waals surface area contributed by atoms with E-state index >= 15 is 0 Å². The smallest absolute Gasteiger partial charge is 0.335 e. The molecule has 2 aliphatic carbocycles. The zero-order chi connectivity index (χ0) is 18.1. The van der Waals surface area contributed by atoms with Crippen molar-refractivity contribution in [3.63, 3.8) is 0 Å². The van der Waals surface area contributed by atoms with Crippen molar-refractivity contribution < 1.29 is 28.6 Å². The average molecular weight is 356 g/mol. The average Bonchev–Trinajstić information content (AvgIpc) is 3.25. The van der Waals surface area contributed by atoms with Crippen molar-refractivity contribution in [1.82, 2.24) is 0 Å². The van der Waals surface area contributed by atoms with Crippen LogP contribution in [-0.4, -0.2) is 29.3 Å². The molecule has 4 aliphatic rings. The Hall–Kier alpha value is -2.34. The zero-order valence-electron chi connectivity index (χ0n) is 14.4. The first kappa shape index (κ1) is 15.9. The van der Waals surface area contributed by atoms with E-state index in [4.69, 9.17) is 13.9 Å². The van der Waals surface area contributed by atoms with Crippen LogP contribution < -0.4 is 0 Å². The van der Waals surface area contributed by atoms with E-state index in [1.54, 1.807) is 18.6 Å². The largest absolute Gasteiger partial charge is 0.472 e. The Morgan fingerprint density at radius 2 is 2.15 bits per heavy atom. The number of carbonyl (C=O) groups is 2. The summed E-state index contributed by atoms with van der Waals surface area (Å²) in [5, 5.41) is 11.8. The molecule has 1 N–H and O–H groups in total. The Bertz CT molecular complexity index is 850. The molecule has 0 bridgehead atoms. The van der Waals surface area contributed by atoms with E-state index in [0.29, 0.717) is 30.4 Å². The second-order valence-corrected chi connectivity index (χ2v) is 7.89. The second kappa shape index (κ2) is 5.10. The third-order valence-corrected chi connectivity index (χ3v) is 6.74. The highest BCUT2D eigenvalue weighted by Crippen LogP contribution is 2.62. The first-order chi connectivity index (χ1) is 12.5. The zero-order valence-corrected chi connectivity index (χ0v) is 14.4. The number of esters is 2. The van der Waals surface area contributed by atoms with Gasteiger partial charge in [0.15, 0.2) is 0 Å². The van der Waals surface area contributed by atoms with Crippen LogP contribution in [0.25, 0.3) is 0 Å². The van der Waals surface area contributed by atoms with Crippen molar-refractivity contribution in [2.75, 3.05) is 6.61 Å². The van der Waals surface area contributed by atoms with Gasteiger partial charge in [-0.25, -0.2) is 4.79 Å². The Kier molecular flexibility index (Phi) is 3.11.